The van der Waals surface area contributed by atoms with E-state index in [2.05, 4.69) is 9.97 Å². The molecule has 3 rings (SSSR count). The molecule has 0 bridgehead atoms. The first-order chi connectivity index (χ1) is 11.8. The predicted molar refractivity (Wildman–Crippen MR) is 94.0 cm³/mol. The normalized spacial score (nSPS) is 17.0. The number of nitrogens with zero attached hydrogens (tertiary/aromatic N) is 3. The van der Waals surface area contributed by atoms with Crippen LogP contribution in [0.5, 0.6) is 0 Å². The van der Waals surface area contributed by atoms with Crippen LogP contribution in [0, 0.1) is 0 Å². The van der Waals surface area contributed by atoms with Gasteiger partial charge in [-0.15, -0.1) is 11.8 Å². The van der Waals surface area contributed by atoms with Gasteiger partial charge in [-0.05, 0) is 43.4 Å². The Kier molecular flexibility index (Phi) is 5.82. The molecule has 0 unspecified atom stereocenters. The third-order valence-corrected chi connectivity index (χ3v) is 4.72. The number of thioether (sulfide) groups is 1. The number of hydrogen-bond donors (Lipinski definition) is 0. The monoisotopic (exact) mass is 343 g/mol. The van der Waals surface area contributed by atoms with Gasteiger partial charge in [-0.25, -0.2) is 4.98 Å². The molecule has 1 aliphatic rings. The molecule has 0 saturated carbocycles. The standard InChI is InChI=1S/C18H21N3O2S/c1-24-17-16(8-4-10-20-17)18(22)21(13-15-7-5-11-23-15)12-14-6-2-3-9-19-14/h2-4,6,8-10,15H,5,7,11-13H2,1H3/t15-/m0/s1. The van der Waals surface area contributed by atoms with E-state index >= 15 is 0 Å². The predicted octanol–water partition coefficient (Wildman–Crippen LogP) is 3.02. The molecule has 0 radical (unpaired) electrons. The Balaban J connectivity index is 1.83. The molecule has 2 aromatic rings. The van der Waals surface area contributed by atoms with Crippen LogP contribution in [0.3, 0.4) is 0 Å². The van der Waals surface area contributed by atoms with Crippen molar-refractivity contribution in [2.75, 3.05) is 19.4 Å². The van der Waals surface area contributed by atoms with E-state index in [4.69, 9.17) is 4.74 Å². The molecule has 1 amide bonds. The van der Waals surface area contributed by atoms with E-state index in [9.17, 15) is 4.79 Å². The van der Waals surface area contributed by atoms with E-state index in [0.717, 1.165) is 30.2 Å². The van der Waals surface area contributed by atoms with Crippen LogP contribution < -0.4 is 0 Å². The molecule has 6 heteroatoms. The Morgan fingerprint density at radius 3 is 2.88 bits per heavy atom. The number of carbonyl (C=O) groups is 1. The minimum Gasteiger partial charge on any atom is -0.376 e. The first kappa shape index (κ1) is 16.9. The van der Waals surface area contributed by atoms with Crippen molar-refractivity contribution >= 4 is 17.7 Å². The highest BCUT2D eigenvalue weighted by Crippen LogP contribution is 2.21. The minimum absolute atomic E-state index is 0.0198. The second-order valence-corrected chi connectivity index (χ2v) is 6.50. The Hall–Kier alpha value is -1.92. The highest BCUT2D eigenvalue weighted by molar-refractivity contribution is 7.98. The molecule has 126 valence electrons. The first-order valence-corrected chi connectivity index (χ1v) is 9.30. The zero-order valence-corrected chi connectivity index (χ0v) is 14.5. The van der Waals surface area contributed by atoms with Gasteiger partial charge in [0.25, 0.3) is 5.91 Å². The topological polar surface area (TPSA) is 55.3 Å². The fraction of sp³-hybridized carbons (Fsp3) is 0.389. The summed E-state index contributed by atoms with van der Waals surface area (Å²) in [6.45, 7) is 1.83. The first-order valence-electron chi connectivity index (χ1n) is 8.07. The zero-order chi connectivity index (χ0) is 16.8. The number of amides is 1. The van der Waals surface area contributed by atoms with Crippen molar-refractivity contribution < 1.29 is 9.53 Å². The van der Waals surface area contributed by atoms with Gasteiger partial charge in [0.15, 0.2) is 0 Å². The maximum Gasteiger partial charge on any atom is 0.257 e. The van der Waals surface area contributed by atoms with Crippen LogP contribution >= 0.6 is 11.8 Å². The summed E-state index contributed by atoms with van der Waals surface area (Å²) in [4.78, 5) is 23.6. The van der Waals surface area contributed by atoms with Crippen molar-refractivity contribution in [2.24, 2.45) is 0 Å². The van der Waals surface area contributed by atoms with E-state index in [-0.39, 0.29) is 12.0 Å². The van der Waals surface area contributed by atoms with E-state index in [0.29, 0.717) is 18.7 Å². The largest absolute Gasteiger partial charge is 0.376 e. The molecule has 5 nitrogen and oxygen atoms in total. The van der Waals surface area contributed by atoms with Crippen LogP contribution in [0.15, 0.2) is 47.8 Å². The second-order valence-electron chi connectivity index (χ2n) is 5.70. The number of carbonyl (C=O) groups excluding carboxylic acids is 1. The van der Waals surface area contributed by atoms with Crippen LogP contribution in [-0.2, 0) is 11.3 Å². The number of ether oxygens (including phenoxy) is 1. The van der Waals surface area contributed by atoms with Gasteiger partial charge in [0.2, 0.25) is 0 Å². The molecule has 1 aliphatic heterocycles. The van der Waals surface area contributed by atoms with Gasteiger partial charge in [-0.1, -0.05) is 6.07 Å². The van der Waals surface area contributed by atoms with E-state index in [1.54, 1.807) is 18.5 Å². The molecule has 0 aromatic carbocycles. The summed E-state index contributed by atoms with van der Waals surface area (Å²) < 4.78 is 5.73. The average Bonchev–Trinajstić information content (AvgIpc) is 3.14. The van der Waals surface area contributed by atoms with Crippen LogP contribution in [0.2, 0.25) is 0 Å². The molecule has 24 heavy (non-hydrogen) atoms. The SMILES string of the molecule is CSc1ncccc1C(=O)N(Cc1ccccn1)C[C@@H]1CCCO1. The smallest absolute Gasteiger partial charge is 0.257 e. The van der Waals surface area contributed by atoms with Gasteiger partial charge >= 0.3 is 0 Å². The summed E-state index contributed by atoms with van der Waals surface area (Å²) in [7, 11) is 0. The molecule has 1 saturated heterocycles. The lowest BCUT2D eigenvalue weighted by atomic mass is 10.2. The van der Waals surface area contributed by atoms with Gasteiger partial charge in [-0.3, -0.25) is 9.78 Å². The lowest BCUT2D eigenvalue weighted by Gasteiger charge is -2.25. The summed E-state index contributed by atoms with van der Waals surface area (Å²) in [5.41, 5.74) is 1.51. The maximum atomic E-state index is 13.1. The Bertz CT molecular complexity index is 675. The molecule has 0 spiro atoms. The molecular weight excluding hydrogens is 322 g/mol. The summed E-state index contributed by atoms with van der Waals surface area (Å²) in [6.07, 6.45) is 7.55. The molecule has 3 heterocycles. The minimum atomic E-state index is -0.0198. The Morgan fingerprint density at radius 1 is 1.29 bits per heavy atom. The van der Waals surface area contributed by atoms with Gasteiger partial charge in [0.1, 0.15) is 5.03 Å². The number of pyridine rings is 2. The highest BCUT2D eigenvalue weighted by Gasteiger charge is 2.25. The lowest BCUT2D eigenvalue weighted by molar-refractivity contribution is 0.0501. The van der Waals surface area contributed by atoms with Crippen molar-refractivity contribution in [2.45, 2.75) is 30.5 Å². The highest BCUT2D eigenvalue weighted by atomic mass is 32.2. The van der Waals surface area contributed by atoms with Crippen molar-refractivity contribution in [3.8, 4) is 0 Å². The zero-order valence-electron chi connectivity index (χ0n) is 13.7. The summed E-state index contributed by atoms with van der Waals surface area (Å²) in [6, 6.07) is 9.39. The lowest BCUT2D eigenvalue weighted by Crippen LogP contribution is -2.37. The number of hydrogen-bond acceptors (Lipinski definition) is 5. The summed E-state index contributed by atoms with van der Waals surface area (Å²) in [5, 5.41) is 0.751. The van der Waals surface area contributed by atoms with Gasteiger partial charge in [-0.2, -0.15) is 0 Å². The Labute approximate surface area is 146 Å². The van der Waals surface area contributed by atoms with Crippen molar-refractivity contribution in [1.82, 2.24) is 14.9 Å². The third kappa shape index (κ3) is 4.13. The molecule has 1 atom stereocenters. The van der Waals surface area contributed by atoms with Crippen LogP contribution in [0.25, 0.3) is 0 Å². The second kappa shape index (κ2) is 8.26. The van der Waals surface area contributed by atoms with Crippen LogP contribution in [0.1, 0.15) is 28.9 Å². The van der Waals surface area contributed by atoms with Crippen LogP contribution in [0.4, 0.5) is 0 Å². The van der Waals surface area contributed by atoms with E-state index in [1.807, 2.05) is 35.4 Å². The summed E-state index contributed by atoms with van der Waals surface area (Å²) >= 11 is 1.48. The third-order valence-electron chi connectivity index (χ3n) is 4.01. The number of aromatic nitrogens is 2. The molecule has 0 aliphatic carbocycles. The molecule has 0 N–H and O–H groups in total. The average molecular weight is 343 g/mol. The van der Waals surface area contributed by atoms with Crippen LogP contribution in [-0.4, -0.2) is 46.3 Å². The maximum absolute atomic E-state index is 13.1. The Morgan fingerprint density at radius 2 is 2.17 bits per heavy atom. The van der Waals surface area contributed by atoms with Gasteiger partial charge < -0.3 is 9.64 Å². The van der Waals surface area contributed by atoms with Gasteiger partial charge in [0, 0.05) is 25.5 Å². The van der Waals surface area contributed by atoms with E-state index < -0.39 is 0 Å². The van der Waals surface area contributed by atoms with Crippen molar-refractivity contribution in [1.29, 1.82) is 0 Å². The molecule has 2 aromatic heterocycles. The van der Waals surface area contributed by atoms with Crippen molar-refractivity contribution in [3.05, 3.63) is 54.0 Å². The molecule has 1 fully saturated rings. The number of rotatable bonds is 6. The molecular formula is C18H21N3O2S. The quantitative estimate of drug-likeness (QED) is 0.755. The van der Waals surface area contributed by atoms with E-state index in [1.165, 1.54) is 11.8 Å². The fourth-order valence-corrected chi connectivity index (χ4v) is 3.37. The van der Waals surface area contributed by atoms with Crippen molar-refractivity contribution in [3.63, 3.8) is 0 Å². The summed E-state index contributed by atoms with van der Waals surface area (Å²) in [5.74, 6) is -0.0198. The van der Waals surface area contributed by atoms with Gasteiger partial charge in [0.05, 0.1) is 23.9 Å². The fourth-order valence-electron chi connectivity index (χ4n) is 2.83.